The fraction of sp³-hybridized carbons (Fsp3) is 0.429. The summed E-state index contributed by atoms with van der Waals surface area (Å²) in [4.78, 5) is 23.0. The van der Waals surface area contributed by atoms with Gasteiger partial charge in [0.15, 0.2) is 0 Å². The van der Waals surface area contributed by atoms with Crippen LogP contribution in [0.15, 0.2) is 42.5 Å². The molecule has 1 fully saturated rings. The zero-order chi connectivity index (χ0) is 18.4. The third kappa shape index (κ3) is 4.75. The maximum Gasteiger partial charge on any atom is 0.306 e. The van der Waals surface area contributed by atoms with Crippen LogP contribution in [0, 0.1) is 5.92 Å². The van der Waals surface area contributed by atoms with Gasteiger partial charge in [0.25, 0.3) is 0 Å². The fourth-order valence-corrected chi connectivity index (χ4v) is 3.52. The van der Waals surface area contributed by atoms with Crippen LogP contribution in [0.25, 0.3) is 10.8 Å². The summed E-state index contributed by atoms with van der Waals surface area (Å²) < 4.78 is 5.85. The van der Waals surface area contributed by atoms with Crippen molar-refractivity contribution in [3.05, 3.63) is 42.5 Å². The van der Waals surface area contributed by atoms with Gasteiger partial charge in [-0.25, -0.2) is 0 Å². The highest BCUT2D eigenvalue weighted by atomic mass is 16.5. The zero-order valence-electron chi connectivity index (χ0n) is 14.8. The molecule has 1 aliphatic rings. The van der Waals surface area contributed by atoms with E-state index in [1.165, 1.54) is 0 Å². The van der Waals surface area contributed by atoms with Gasteiger partial charge in [0.05, 0.1) is 12.5 Å². The number of hydrogen-bond donors (Lipinski definition) is 2. The molecule has 0 aliphatic heterocycles. The predicted molar refractivity (Wildman–Crippen MR) is 100 cm³/mol. The number of ether oxygens (including phenoxy) is 1. The van der Waals surface area contributed by atoms with Gasteiger partial charge in [0, 0.05) is 17.8 Å². The molecule has 5 nitrogen and oxygen atoms in total. The first kappa shape index (κ1) is 18.2. The average Bonchev–Trinajstić information content (AvgIpc) is 2.66. The van der Waals surface area contributed by atoms with Gasteiger partial charge in [0.1, 0.15) is 5.75 Å². The smallest absolute Gasteiger partial charge is 0.306 e. The summed E-state index contributed by atoms with van der Waals surface area (Å²) in [5.41, 5.74) is 0. The molecule has 1 amide bonds. The van der Waals surface area contributed by atoms with Crippen molar-refractivity contribution in [1.82, 2.24) is 5.32 Å². The van der Waals surface area contributed by atoms with Crippen LogP contribution in [0.2, 0.25) is 0 Å². The maximum absolute atomic E-state index is 12.1. The average molecular weight is 355 g/mol. The first-order valence-corrected chi connectivity index (χ1v) is 9.26. The Morgan fingerprint density at radius 3 is 2.54 bits per heavy atom. The molecule has 2 aromatic carbocycles. The van der Waals surface area contributed by atoms with E-state index >= 15 is 0 Å². The molecule has 1 aliphatic carbocycles. The lowest BCUT2D eigenvalue weighted by molar-refractivity contribution is -0.142. The number of fused-ring (bicyclic) bond motifs is 1. The SMILES string of the molecule is O=C(CCCOc1cccc2ccccc12)NC1CCC(C(=O)O)CC1. The van der Waals surface area contributed by atoms with Crippen molar-refractivity contribution < 1.29 is 19.4 Å². The zero-order valence-corrected chi connectivity index (χ0v) is 14.8. The molecule has 0 aromatic heterocycles. The van der Waals surface area contributed by atoms with Crippen LogP contribution in [0.5, 0.6) is 5.75 Å². The molecular weight excluding hydrogens is 330 g/mol. The van der Waals surface area contributed by atoms with Gasteiger partial charge >= 0.3 is 5.97 Å². The minimum absolute atomic E-state index is 0.0188. The molecule has 2 N–H and O–H groups in total. The van der Waals surface area contributed by atoms with Crippen LogP contribution < -0.4 is 10.1 Å². The number of hydrogen-bond acceptors (Lipinski definition) is 3. The lowest BCUT2D eigenvalue weighted by Crippen LogP contribution is -2.38. The number of benzene rings is 2. The Bertz CT molecular complexity index is 760. The van der Waals surface area contributed by atoms with E-state index in [9.17, 15) is 9.59 Å². The second-order valence-corrected chi connectivity index (χ2v) is 6.88. The van der Waals surface area contributed by atoms with Crippen LogP contribution >= 0.6 is 0 Å². The van der Waals surface area contributed by atoms with Gasteiger partial charge in [-0.05, 0) is 43.6 Å². The number of aliphatic carboxylic acids is 1. The molecule has 0 spiro atoms. The van der Waals surface area contributed by atoms with Gasteiger partial charge in [-0.1, -0.05) is 36.4 Å². The summed E-state index contributed by atoms with van der Waals surface area (Å²) in [7, 11) is 0. The van der Waals surface area contributed by atoms with Gasteiger partial charge in [-0.2, -0.15) is 0 Å². The quantitative estimate of drug-likeness (QED) is 0.742. The number of rotatable bonds is 7. The Hall–Kier alpha value is -2.56. The Labute approximate surface area is 153 Å². The van der Waals surface area contributed by atoms with Gasteiger partial charge in [-0.3, -0.25) is 9.59 Å². The molecular formula is C21H25NO4. The van der Waals surface area contributed by atoms with E-state index in [4.69, 9.17) is 9.84 Å². The van der Waals surface area contributed by atoms with E-state index < -0.39 is 5.97 Å². The van der Waals surface area contributed by atoms with E-state index in [0.717, 1.165) is 29.4 Å². The van der Waals surface area contributed by atoms with Crippen LogP contribution in [-0.2, 0) is 9.59 Å². The molecule has 5 heteroatoms. The minimum Gasteiger partial charge on any atom is -0.493 e. The molecule has 1 saturated carbocycles. The highest BCUT2D eigenvalue weighted by Crippen LogP contribution is 2.26. The number of carbonyl (C=O) groups excluding carboxylic acids is 1. The summed E-state index contributed by atoms with van der Waals surface area (Å²) in [6.07, 6.45) is 3.85. The summed E-state index contributed by atoms with van der Waals surface area (Å²) in [5.74, 6) is -0.113. The fourth-order valence-electron chi connectivity index (χ4n) is 3.52. The summed E-state index contributed by atoms with van der Waals surface area (Å²) >= 11 is 0. The largest absolute Gasteiger partial charge is 0.493 e. The van der Waals surface area contributed by atoms with Crippen molar-refractivity contribution in [1.29, 1.82) is 0 Å². The highest BCUT2D eigenvalue weighted by Gasteiger charge is 2.26. The first-order chi connectivity index (χ1) is 12.6. The number of amides is 1. The lowest BCUT2D eigenvalue weighted by atomic mass is 9.86. The molecule has 0 heterocycles. The Balaban J connectivity index is 1.38. The Morgan fingerprint density at radius 2 is 1.77 bits per heavy atom. The lowest BCUT2D eigenvalue weighted by Gasteiger charge is -2.26. The topological polar surface area (TPSA) is 75.6 Å². The van der Waals surface area contributed by atoms with E-state index in [1.54, 1.807) is 0 Å². The van der Waals surface area contributed by atoms with E-state index in [2.05, 4.69) is 17.4 Å². The standard InChI is InChI=1S/C21H25NO4/c23-20(22-17-12-10-16(11-13-17)21(24)25)9-4-14-26-19-8-3-6-15-5-1-2-7-18(15)19/h1-3,5-8,16-17H,4,9-14H2,(H,22,23)(H,24,25). The van der Waals surface area contributed by atoms with Crippen molar-refractivity contribution in [3.8, 4) is 5.75 Å². The normalized spacial score (nSPS) is 19.8. The number of carboxylic acids is 1. The van der Waals surface area contributed by atoms with Gasteiger partial charge in [-0.15, -0.1) is 0 Å². The monoisotopic (exact) mass is 355 g/mol. The van der Waals surface area contributed by atoms with Crippen molar-refractivity contribution in [2.75, 3.05) is 6.61 Å². The van der Waals surface area contributed by atoms with Crippen molar-refractivity contribution in [2.24, 2.45) is 5.92 Å². The van der Waals surface area contributed by atoms with Crippen molar-refractivity contribution >= 4 is 22.6 Å². The van der Waals surface area contributed by atoms with Crippen molar-refractivity contribution in [3.63, 3.8) is 0 Å². The van der Waals surface area contributed by atoms with Crippen LogP contribution in [0.1, 0.15) is 38.5 Å². The number of nitrogens with one attached hydrogen (secondary N) is 1. The summed E-state index contributed by atoms with van der Waals surface area (Å²) in [6, 6.07) is 14.1. The molecule has 0 bridgehead atoms. The maximum atomic E-state index is 12.1. The minimum atomic E-state index is -0.722. The highest BCUT2D eigenvalue weighted by molar-refractivity contribution is 5.88. The molecule has 0 radical (unpaired) electrons. The van der Waals surface area contributed by atoms with Crippen LogP contribution in [0.4, 0.5) is 0 Å². The second kappa shape index (κ2) is 8.70. The first-order valence-electron chi connectivity index (χ1n) is 9.26. The van der Waals surface area contributed by atoms with Gasteiger partial charge in [0.2, 0.25) is 5.91 Å². The van der Waals surface area contributed by atoms with E-state index in [0.29, 0.717) is 32.3 Å². The number of carboxylic acid groups (broad SMARTS) is 1. The molecule has 0 unspecified atom stereocenters. The Morgan fingerprint density at radius 1 is 1.04 bits per heavy atom. The molecule has 26 heavy (non-hydrogen) atoms. The molecule has 138 valence electrons. The van der Waals surface area contributed by atoms with Crippen LogP contribution in [-0.4, -0.2) is 29.6 Å². The van der Waals surface area contributed by atoms with E-state index in [-0.39, 0.29) is 17.9 Å². The number of carbonyl (C=O) groups is 2. The third-order valence-electron chi connectivity index (χ3n) is 5.00. The predicted octanol–water partition coefficient (Wildman–Crippen LogP) is 3.76. The van der Waals surface area contributed by atoms with Crippen LogP contribution in [0.3, 0.4) is 0 Å². The second-order valence-electron chi connectivity index (χ2n) is 6.88. The molecule has 0 saturated heterocycles. The van der Waals surface area contributed by atoms with Gasteiger partial charge < -0.3 is 15.2 Å². The summed E-state index contributed by atoms with van der Waals surface area (Å²) in [6.45, 7) is 0.493. The Kier molecular flexibility index (Phi) is 6.10. The molecule has 3 rings (SSSR count). The van der Waals surface area contributed by atoms with Crippen molar-refractivity contribution in [2.45, 2.75) is 44.6 Å². The third-order valence-corrected chi connectivity index (χ3v) is 5.00. The molecule has 2 aromatic rings. The summed E-state index contributed by atoms with van der Waals surface area (Å²) in [5, 5.41) is 14.2. The molecule has 0 atom stereocenters. The van der Waals surface area contributed by atoms with E-state index in [1.807, 2.05) is 30.3 Å².